The van der Waals surface area contributed by atoms with Crippen LogP contribution < -0.4 is 10.9 Å². The third-order valence-corrected chi connectivity index (χ3v) is 9.01. The molecule has 5 nitrogen and oxygen atoms in total. The van der Waals surface area contributed by atoms with Gasteiger partial charge in [0.1, 0.15) is 5.76 Å². The number of halogens is 2. The number of nitrogens with one attached hydrogen (secondary N) is 2. The number of hydrazine groups is 1. The number of fused-ring (bicyclic) bond motifs is 2. The zero-order chi connectivity index (χ0) is 19.9. The van der Waals surface area contributed by atoms with Gasteiger partial charge in [-0.15, -0.1) is 23.5 Å². The Bertz CT molecular complexity index is 955. The molecule has 2 amide bonds. The van der Waals surface area contributed by atoms with Gasteiger partial charge in [-0.1, -0.05) is 23.2 Å². The van der Waals surface area contributed by atoms with Gasteiger partial charge in [-0.2, -0.15) is 0 Å². The second kappa shape index (κ2) is 7.86. The molecule has 1 aromatic carbocycles. The van der Waals surface area contributed by atoms with Crippen LogP contribution in [-0.4, -0.2) is 23.3 Å². The monoisotopic (exact) mass is 456 g/mol. The highest BCUT2D eigenvalue weighted by atomic mass is 35.5. The Hall–Kier alpha value is -1.28. The van der Waals surface area contributed by atoms with Gasteiger partial charge < -0.3 is 4.42 Å². The average Bonchev–Trinajstić information content (AvgIpc) is 3.25. The van der Waals surface area contributed by atoms with Crippen molar-refractivity contribution in [2.45, 2.75) is 30.3 Å². The minimum atomic E-state index is -0.526. The van der Waals surface area contributed by atoms with E-state index in [0.717, 1.165) is 47.7 Å². The Balaban J connectivity index is 1.52. The van der Waals surface area contributed by atoms with E-state index in [1.54, 1.807) is 6.07 Å². The van der Waals surface area contributed by atoms with E-state index in [-0.39, 0.29) is 20.4 Å². The second-order valence-electron chi connectivity index (χ2n) is 6.69. The van der Waals surface area contributed by atoms with E-state index in [1.165, 1.54) is 12.1 Å². The van der Waals surface area contributed by atoms with Crippen LogP contribution in [0.2, 0.25) is 10.0 Å². The lowest BCUT2D eigenvalue weighted by Crippen LogP contribution is -2.41. The summed E-state index contributed by atoms with van der Waals surface area (Å²) in [5.74, 6) is 2.35. The zero-order valence-electron chi connectivity index (χ0n) is 15.1. The molecule has 1 saturated heterocycles. The highest BCUT2D eigenvalue weighted by molar-refractivity contribution is 8.20. The standard InChI is InChI=1S/C19H18Cl2N2O3S2/c1-10-15-14(3-2-6-19(15)27-7-8-28-19)26-16(10)18(25)23-22-17(24)12-5-4-11(20)9-13(12)21/h4-5,9H,2-3,6-8H2,1H3,(H,22,24)(H,23,25). The Morgan fingerprint density at radius 1 is 1.14 bits per heavy atom. The minimum absolute atomic E-state index is 0.000221. The van der Waals surface area contributed by atoms with Gasteiger partial charge in [-0.05, 0) is 38.0 Å². The van der Waals surface area contributed by atoms with Gasteiger partial charge >= 0.3 is 5.91 Å². The van der Waals surface area contributed by atoms with Gasteiger partial charge in [0.15, 0.2) is 5.76 Å². The molecule has 2 aromatic rings. The van der Waals surface area contributed by atoms with Crippen molar-refractivity contribution in [1.29, 1.82) is 0 Å². The largest absolute Gasteiger partial charge is 0.455 e. The maximum Gasteiger partial charge on any atom is 0.305 e. The third kappa shape index (κ3) is 3.54. The SMILES string of the molecule is Cc1c(C(=O)NNC(=O)c2ccc(Cl)cc2Cl)oc2c1C1(CCC2)SCCS1. The van der Waals surface area contributed by atoms with Crippen LogP contribution in [0.25, 0.3) is 0 Å². The summed E-state index contributed by atoms with van der Waals surface area (Å²) in [4.78, 5) is 25.0. The van der Waals surface area contributed by atoms with E-state index >= 15 is 0 Å². The summed E-state index contributed by atoms with van der Waals surface area (Å²) in [5.41, 5.74) is 7.05. The molecule has 0 atom stereocenters. The van der Waals surface area contributed by atoms with E-state index in [9.17, 15) is 9.59 Å². The van der Waals surface area contributed by atoms with Gasteiger partial charge in [-0.3, -0.25) is 20.4 Å². The fourth-order valence-corrected chi connectivity index (χ4v) is 7.78. The van der Waals surface area contributed by atoms with Crippen molar-refractivity contribution in [1.82, 2.24) is 10.9 Å². The maximum absolute atomic E-state index is 12.7. The molecule has 0 bridgehead atoms. The van der Waals surface area contributed by atoms with E-state index in [0.29, 0.717) is 5.02 Å². The molecular weight excluding hydrogens is 439 g/mol. The average molecular weight is 457 g/mol. The van der Waals surface area contributed by atoms with E-state index < -0.39 is 11.8 Å². The molecule has 4 rings (SSSR count). The summed E-state index contributed by atoms with van der Waals surface area (Å²) in [5, 5.41) is 0.639. The quantitative estimate of drug-likeness (QED) is 0.626. The molecule has 2 heterocycles. The molecule has 0 radical (unpaired) electrons. The lowest BCUT2D eigenvalue weighted by Gasteiger charge is -2.31. The lowest BCUT2D eigenvalue weighted by molar-refractivity contribution is 0.0829. The number of hydrogen-bond acceptors (Lipinski definition) is 5. The molecule has 1 fully saturated rings. The van der Waals surface area contributed by atoms with Gasteiger partial charge in [0.2, 0.25) is 0 Å². The molecule has 1 aliphatic heterocycles. The van der Waals surface area contributed by atoms with E-state index in [1.807, 2.05) is 30.4 Å². The number of rotatable bonds is 2. The number of thioether (sulfide) groups is 2. The van der Waals surface area contributed by atoms with Crippen molar-refractivity contribution in [3.63, 3.8) is 0 Å². The molecule has 0 unspecified atom stereocenters. The van der Waals surface area contributed by atoms with Crippen molar-refractivity contribution < 1.29 is 14.0 Å². The highest BCUT2D eigenvalue weighted by Crippen LogP contribution is 2.59. The van der Waals surface area contributed by atoms with Crippen LogP contribution in [0.3, 0.4) is 0 Å². The zero-order valence-corrected chi connectivity index (χ0v) is 18.2. The van der Waals surface area contributed by atoms with Gasteiger partial charge in [0, 0.05) is 34.1 Å². The maximum atomic E-state index is 12.7. The molecule has 2 N–H and O–H groups in total. The number of furan rings is 1. The minimum Gasteiger partial charge on any atom is -0.455 e. The van der Waals surface area contributed by atoms with Crippen molar-refractivity contribution >= 4 is 58.5 Å². The Morgan fingerprint density at radius 3 is 2.57 bits per heavy atom. The number of hydrogen-bond donors (Lipinski definition) is 2. The number of benzene rings is 1. The first-order valence-electron chi connectivity index (χ1n) is 8.88. The summed E-state index contributed by atoms with van der Waals surface area (Å²) in [6, 6.07) is 4.54. The Morgan fingerprint density at radius 2 is 1.86 bits per heavy atom. The fraction of sp³-hybridized carbons (Fsp3) is 0.368. The lowest BCUT2D eigenvalue weighted by atomic mass is 9.94. The van der Waals surface area contributed by atoms with Crippen molar-refractivity contribution in [2.75, 3.05) is 11.5 Å². The van der Waals surface area contributed by atoms with Crippen molar-refractivity contribution in [3.05, 3.63) is 56.5 Å². The molecule has 1 aromatic heterocycles. The van der Waals surface area contributed by atoms with E-state index in [2.05, 4.69) is 10.9 Å². The number of carbonyl (C=O) groups is 2. The van der Waals surface area contributed by atoms with Crippen molar-refractivity contribution in [2.24, 2.45) is 0 Å². The number of aryl methyl sites for hydroxylation is 1. The molecule has 0 saturated carbocycles. The summed E-state index contributed by atoms with van der Waals surface area (Å²) >= 11 is 15.8. The third-order valence-electron chi connectivity index (χ3n) is 4.94. The summed E-state index contributed by atoms with van der Waals surface area (Å²) in [6.07, 6.45) is 2.97. The molecule has 9 heteroatoms. The van der Waals surface area contributed by atoms with Crippen LogP contribution >= 0.6 is 46.7 Å². The summed E-state index contributed by atoms with van der Waals surface area (Å²) < 4.78 is 5.93. The first kappa shape index (κ1) is 20.0. The molecule has 1 aliphatic carbocycles. The predicted octanol–water partition coefficient (Wildman–Crippen LogP) is 4.94. The highest BCUT2D eigenvalue weighted by Gasteiger charge is 2.45. The first-order valence-corrected chi connectivity index (χ1v) is 11.6. The summed E-state index contributed by atoms with van der Waals surface area (Å²) in [6.45, 7) is 1.92. The van der Waals surface area contributed by atoms with Gasteiger partial charge in [0.25, 0.3) is 5.91 Å². The van der Waals surface area contributed by atoms with Crippen molar-refractivity contribution in [3.8, 4) is 0 Å². The van der Waals surface area contributed by atoms with Gasteiger partial charge in [-0.25, -0.2) is 0 Å². The number of carbonyl (C=O) groups excluding carboxylic acids is 2. The van der Waals surface area contributed by atoms with Crippen LogP contribution in [0.1, 0.15) is 50.6 Å². The molecule has 1 spiro atoms. The second-order valence-corrected chi connectivity index (χ2v) is 10.6. The fourth-order valence-electron chi connectivity index (χ4n) is 3.73. The molecule has 28 heavy (non-hydrogen) atoms. The predicted molar refractivity (Wildman–Crippen MR) is 114 cm³/mol. The van der Waals surface area contributed by atoms with Crippen LogP contribution in [0, 0.1) is 6.92 Å². The normalized spacial score (nSPS) is 17.4. The molecule has 2 aliphatic rings. The molecular formula is C19H18Cl2N2O3S2. The number of amides is 2. The summed E-state index contributed by atoms with van der Waals surface area (Å²) in [7, 11) is 0. The molecule has 148 valence electrons. The Labute approximate surface area is 181 Å². The van der Waals surface area contributed by atoms with Crippen LogP contribution in [0.15, 0.2) is 22.6 Å². The van der Waals surface area contributed by atoms with Crippen LogP contribution in [-0.2, 0) is 10.5 Å². The van der Waals surface area contributed by atoms with Crippen LogP contribution in [0.4, 0.5) is 0 Å². The van der Waals surface area contributed by atoms with Crippen LogP contribution in [0.5, 0.6) is 0 Å². The Kier molecular flexibility index (Phi) is 5.62. The smallest absolute Gasteiger partial charge is 0.305 e. The van der Waals surface area contributed by atoms with E-state index in [4.69, 9.17) is 27.6 Å². The van der Waals surface area contributed by atoms with Gasteiger partial charge in [0.05, 0.1) is 14.7 Å². The topological polar surface area (TPSA) is 71.3 Å². The first-order chi connectivity index (χ1) is 13.4.